The number of halogens is 1. The second kappa shape index (κ2) is 8.92. The molecule has 0 spiro atoms. The Hall–Kier alpha value is -3.90. The molecule has 0 radical (unpaired) electrons. The predicted octanol–water partition coefficient (Wildman–Crippen LogP) is 4.11. The first kappa shape index (κ1) is 21.0. The van der Waals surface area contributed by atoms with E-state index in [-0.39, 0.29) is 6.04 Å². The van der Waals surface area contributed by atoms with Gasteiger partial charge in [-0.1, -0.05) is 11.6 Å². The van der Waals surface area contributed by atoms with Crippen LogP contribution in [0.3, 0.4) is 0 Å². The van der Waals surface area contributed by atoms with E-state index in [0.717, 1.165) is 48.5 Å². The van der Waals surface area contributed by atoms with E-state index in [0.29, 0.717) is 22.4 Å². The molecule has 3 aromatic heterocycles. The molecule has 0 aliphatic carbocycles. The monoisotopic (exact) mass is 459 g/mol. The number of aromatic nitrogens is 5. The zero-order valence-electron chi connectivity index (χ0n) is 18.0. The molecule has 0 amide bonds. The molecule has 9 nitrogen and oxygen atoms in total. The second-order valence-electron chi connectivity index (χ2n) is 8.00. The minimum Gasteiger partial charge on any atom is -0.366 e. The summed E-state index contributed by atoms with van der Waals surface area (Å²) in [5.74, 6) is 1.98. The van der Waals surface area contributed by atoms with E-state index in [1.807, 2.05) is 35.9 Å². The van der Waals surface area contributed by atoms with Crippen molar-refractivity contribution in [2.75, 3.05) is 28.6 Å². The van der Waals surface area contributed by atoms with Gasteiger partial charge in [0.25, 0.3) is 0 Å². The fourth-order valence-corrected chi connectivity index (χ4v) is 4.10. The van der Waals surface area contributed by atoms with Gasteiger partial charge in [-0.2, -0.15) is 10.2 Å². The molecule has 1 saturated heterocycles. The lowest BCUT2D eigenvalue weighted by Crippen LogP contribution is -2.39. The summed E-state index contributed by atoms with van der Waals surface area (Å²) in [6.45, 7) is 1.71. The van der Waals surface area contributed by atoms with E-state index in [9.17, 15) is 0 Å². The van der Waals surface area contributed by atoms with Crippen LogP contribution in [0.15, 0.2) is 49.1 Å². The number of nitriles is 1. The van der Waals surface area contributed by atoms with Crippen molar-refractivity contribution < 1.29 is 0 Å². The molecule has 0 saturated carbocycles. The summed E-state index contributed by atoms with van der Waals surface area (Å²) in [5, 5.41) is 16.1. The molecule has 4 aromatic rings. The van der Waals surface area contributed by atoms with Crippen LogP contribution in [0.1, 0.15) is 18.4 Å². The quantitative estimate of drug-likeness (QED) is 0.459. The standard InChI is InChI=1S/C23H22ClN9/c1-32-14-28-19-10-17(3-4-20(19)32)30-23-27-13-18(24)22(31-23)29-16-6-8-33(9-7-16)21-5-2-15(11-25)12-26-21/h2-5,10,12-14,16H,6-9H2,1H3,(H2,27,29,30,31). The molecule has 4 heterocycles. The maximum absolute atomic E-state index is 8.94. The number of aryl methyl sites for hydroxylation is 1. The van der Waals surface area contributed by atoms with Gasteiger partial charge in [0.1, 0.15) is 16.9 Å². The normalized spacial score (nSPS) is 14.3. The molecule has 1 aliphatic rings. The van der Waals surface area contributed by atoms with Gasteiger partial charge in [-0.3, -0.25) is 0 Å². The number of nitrogens with zero attached hydrogens (tertiary/aromatic N) is 7. The highest BCUT2D eigenvalue weighted by atomic mass is 35.5. The summed E-state index contributed by atoms with van der Waals surface area (Å²) in [6, 6.07) is 12.0. The molecule has 0 bridgehead atoms. The minimum atomic E-state index is 0.241. The number of fused-ring (bicyclic) bond motifs is 1. The van der Waals surface area contributed by atoms with Crippen LogP contribution in [0, 0.1) is 11.3 Å². The highest BCUT2D eigenvalue weighted by Gasteiger charge is 2.21. The van der Waals surface area contributed by atoms with E-state index in [4.69, 9.17) is 16.9 Å². The van der Waals surface area contributed by atoms with E-state index >= 15 is 0 Å². The second-order valence-corrected chi connectivity index (χ2v) is 8.40. The topological polar surface area (TPSA) is 108 Å². The van der Waals surface area contributed by atoms with Crippen molar-refractivity contribution in [3.8, 4) is 6.07 Å². The van der Waals surface area contributed by atoms with Gasteiger partial charge in [0.15, 0.2) is 5.82 Å². The molecule has 5 rings (SSSR count). The number of imidazole rings is 1. The third-order valence-electron chi connectivity index (χ3n) is 5.76. The van der Waals surface area contributed by atoms with Gasteiger partial charge >= 0.3 is 0 Å². The smallest absolute Gasteiger partial charge is 0.229 e. The highest BCUT2D eigenvalue weighted by Crippen LogP contribution is 2.26. The Morgan fingerprint density at radius 2 is 1.94 bits per heavy atom. The van der Waals surface area contributed by atoms with E-state index in [1.165, 1.54) is 0 Å². The average molecular weight is 460 g/mol. The predicted molar refractivity (Wildman–Crippen MR) is 129 cm³/mol. The first-order valence-electron chi connectivity index (χ1n) is 10.7. The molecular formula is C23H22ClN9. The molecule has 2 N–H and O–H groups in total. The van der Waals surface area contributed by atoms with Crippen LogP contribution in [0.4, 0.5) is 23.3 Å². The van der Waals surface area contributed by atoms with Crippen molar-refractivity contribution in [2.45, 2.75) is 18.9 Å². The largest absolute Gasteiger partial charge is 0.366 e. The average Bonchev–Trinajstić information content (AvgIpc) is 3.22. The number of benzene rings is 1. The number of piperidine rings is 1. The summed E-state index contributed by atoms with van der Waals surface area (Å²) in [6.07, 6.45) is 6.84. The van der Waals surface area contributed by atoms with Crippen LogP contribution in [-0.2, 0) is 7.05 Å². The summed E-state index contributed by atoms with van der Waals surface area (Å²) in [5.41, 5.74) is 3.39. The van der Waals surface area contributed by atoms with Crippen LogP contribution in [0.5, 0.6) is 0 Å². The molecule has 10 heteroatoms. The van der Waals surface area contributed by atoms with E-state index in [1.54, 1.807) is 24.8 Å². The Kier molecular flexibility index (Phi) is 5.67. The zero-order chi connectivity index (χ0) is 22.8. The van der Waals surface area contributed by atoms with Crippen molar-refractivity contribution in [1.29, 1.82) is 5.26 Å². The van der Waals surface area contributed by atoms with Gasteiger partial charge in [0, 0.05) is 38.1 Å². The number of rotatable bonds is 5. The van der Waals surface area contributed by atoms with Crippen molar-refractivity contribution in [3.05, 3.63) is 59.6 Å². The lowest BCUT2D eigenvalue weighted by molar-refractivity contribution is 0.522. The summed E-state index contributed by atoms with van der Waals surface area (Å²) < 4.78 is 1.97. The Morgan fingerprint density at radius 3 is 2.70 bits per heavy atom. The van der Waals surface area contributed by atoms with Gasteiger partial charge < -0.3 is 20.1 Å². The number of nitrogens with one attached hydrogen (secondary N) is 2. The van der Waals surface area contributed by atoms with E-state index in [2.05, 4.69) is 41.5 Å². The van der Waals surface area contributed by atoms with E-state index < -0.39 is 0 Å². The summed E-state index contributed by atoms with van der Waals surface area (Å²) in [4.78, 5) is 19.9. The summed E-state index contributed by atoms with van der Waals surface area (Å²) >= 11 is 6.38. The van der Waals surface area contributed by atoms with Crippen LogP contribution in [0.25, 0.3) is 11.0 Å². The lowest BCUT2D eigenvalue weighted by Gasteiger charge is -2.33. The van der Waals surface area contributed by atoms with Crippen LogP contribution in [-0.4, -0.2) is 43.6 Å². The number of anilines is 4. The van der Waals surface area contributed by atoms with Crippen LogP contribution < -0.4 is 15.5 Å². The number of pyridine rings is 1. The minimum absolute atomic E-state index is 0.241. The molecule has 1 aliphatic heterocycles. The molecule has 0 unspecified atom stereocenters. The van der Waals surface area contributed by atoms with Gasteiger partial charge in [0.2, 0.25) is 5.95 Å². The molecular weight excluding hydrogens is 438 g/mol. The highest BCUT2D eigenvalue weighted by molar-refractivity contribution is 6.32. The molecule has 33 heavy (non-hydrogen) atoms. The van der Waals surface area contributed by atoms with Crippen LogP contribution in [0.2, 0.25) is 5.02 Å². The van der Waals surface area contributed by atoms with Gasteiger partial charge in [0.05, 0.1) is 29.1 Å². The van der Waals surface area contributed by atoms with Gasteiger partial charge in [-0.25, -0.2) is 15.0 Å². The Labute approximate surface area is 196 Å². The number of hydrogen-bond donors (Lipinski definition) is 2. The van der Waals surface area contributed by atoms with Crippen molar-refractivity contribution >= 4 is 45.9 Å². The summed E-state index contributed by atoms with van der Waals surface area (Å²) in [7, 11) is 1.97. The van der Waals surface area contributed by atoms with Gasteiger partial charge in [-0.05, 0) is 43.2 Å². The lowest BCUT2D eigenvalue weighted by atomic mass is 10.0. The fourth-order valence-electron chi connectivity index (χ4n) is 3.96. The van der Waals surface area contributed by atoms with Crippen molar-refractivity contribution in [1.82, 2.24) is 24.5 Å². The Balaban J connectivity index is 1.23. The van der Waals surface area contributed by atoms with Gasteiger partial charge in [-0.15, -0.1) is 0 Å². The zero-order valence-corrected chi connectivity index (χ0v) is 18.8. The Morgan fingerprint density at radius 1 is 1.09 bits per heavy atom. The molecule has 0 atom stereocenters. The molecule has 166 valence electrons. The van der Waals surface area contributed by atoms with Crippen LogP contribution >= 0.6 is 11.6 Å². The third-order valence-corrected chi connectivity index (χ3v) is 6.04. The first-order chi connectivity index (χ1) is 16.1. The molecule has 1 aromatic carbocycles. The maximum Gasteiger partial charge on any atom is 0.229 e. The Bertz CT molecular complexity index is 1320. The van der Waals surface area contributed by atoms with Crippen molar-refractivity contribution in [2.24, 2.45) is 7.05 Å². The number of hydrogen-bond acceptors (Lipinski definition) is 8. The maximum atomic E-state index is 8.94. The fraction of sp³-hybridized carbons (Fsp3) is 0.261. The SMILES string of the molecule is Cn1cnc2cc(Nc3ncc(Cl)c(NC4CCN(c5ccc(C#N)cn5)CC4)n3)ccc21. The first-order valence-corrected chi connectivity index (χ1v) is 11.0. The third kappa shape index (κ3) is 4.52. The van der Waals surface area contributed by atoms with Crippen molar-refractivity contribution in [3.63, 3.8) is 0 Å². The molecule has 1 fully saturated rings.